The maximum atomic E-state index is 11.9. The Kier molecular flexibility index (Phi) is 5.63. The molecule has 0 aromatic heterocycles. The Labute approximate surface area is 123 Å². The molecule has 1 saturated heterocycles. The van der Waals surface area contributed by atoms with E-state index in [0.29, 0.717) is 19.6 Å². The van der Waals surface area contributed by atoms with Crippen molar-refractivity contribution in [3.05, 3.63) is 0 Å². The first-order chi connectivity index (χ1) is 9.12. The molecule has 0 spiro atoms. The molecule has 6 heteroatoms. The standard InChI is InChI=1S/C14H29NO4Si/c1-7-18-13(17)15-9-12(8-11(15)10-16)19-20(5,6)14(2,3)4/h11-12,16H,7-10H2,1-6H3. The summed E-state index contributed by atoms with van der Waals surface area (Å²) in [6.07, 6.45) is 0.326. The predicted molar refractivity (Wildman–Crippen MR) is 81.3 cm³/mol. The van der Waals surface area contributed by atoms with Crippen molar-refractivity contribution in [2.24, 2.45) is 0 Å². The van der Waals surface area contributed by atoms with Crippen molar-refractivity contribution >= 4 is 14.4 Å². The first-order valence-electron chi connectivity index (χ1n) is 7.34. The SMILES string of the molecule is CCOC(=O)N1CC(O[Si](C)(C)C(C)(C)C)CC1CO. The Balaban J connectivity index is 2.70. The molecule has 0 radical (unpaired) electrons. The molecule has 0 aliphatic carbocycles. The molecular weight excluding hydrogens is 274 g/mol. The molecule has 0 bridgehead atoms. The van der Waals surface area contributed by atoms with Crippen molar-refractivity contribution in [2.75, 3.05) is 19.8 Å². The van der Waals surface area contributed by atoms with Crippen LogP contribution in [0.1, 0.15) is 34.1 Å². The number of amides is 1. The average molecular weight is 303 g/mol. The van der Waals surface area contributed by atoms with Crippen LogP contribution in [0, 0.1) is 0 Å². The average Bonchev–Trinajstić information content (AvgIpc) is 2.70. The molecule has 1 aliphatic heterocycles. The molecule has 118 valence electrons. The lowest BCUT2D eigenvalue weighted by Gasteiger charge is -2.38. The highest BCUT2D eigenvalue weighted by atomic mass is 28.4. The van der Waals surface area contributed by atoms with Gasteiger partial charge in [0.15, 0.2) is 8.32 Å². The molecule has 5 nitrogen and oxygen atoms in total. The van der Waals surface area contributed by atoms with Crippen LogP contribution in [0.4, 0.5) is 4.79 Å². The van der Waals surface area contributed by atoms with E-state index in [0.717, 1.165) is 0 Å². The van der Waals surface area contributed by atoms with Crippen molar-refractivity contribution in [2.45, 2.75) is 64.4 Å². The number of likely N-dealkylation sites (tertiary alicyclic amines) is 1. The number of aliphatic hydroxyl groups excluding tert-OH is 1. The van der Waals surface area contributed by atoms with Crippen LogP contribution in [0.5, 0.6) is 0 Å². The molecule has 1 rings (SSSR count). The number of rotatable bonds is 4. The predicted octanol–water partition coefficient (Wildman–Crippen LogP) is 2.60. The Morgan fingerprint density at radius 2 is 2.00 bits per heavy atom. The molecule has 1 amide bonds. The van der Waals surface area contributed by atoms with Crippen LogP contribution in [-0.2, 0) is 9.16 Å². The van der Waals surface area contributed by atoms with Crippen molar-refractivity contribution in [3.63, 3.8) is 0 Å². The van der Waals surface area contributed by atoms with E-state index >= 15 is 0 Å². The molecule has 20 heavy (non-hydrogen) atoms. The van der Waals surface area contributed by atoms with Gasteiger partial charge in [-0.05, 0) is 31.5 Å². The molecule has 2 unspecified atom stereocenters. The van der Waals surface area contributed by atoms with E-state index in [1.54, 1.807) is 11.8 Å². The molecule has 0 aromatic rings. The highest BCUT2D eigenvalue weighted by Crippen LogP contribution is 2.38. The highest BCUT2D eigenvalue weighted by Gasteiger charge is 2.43. The normalized spacial score (nSPS) is 24.1. The quantitative estimate of drug-likeness (QED) is 0.811. The number of hydrogen-bond donors (Lipinski definition) is 1. The molecule has 0 aromatic carbocycles. The third-order valence-corrected chi connectivity index (χ3v) is 8.89. The second-order valence-electron chi connectivity index (χ2n) is 6.92. The second-order valence-corrected chi connectivity index (χ2v) is 11.7. The van der Waals surface area contributed by atoms with Gasteiger partial charge in [0, 0.05) is 6.54 Å². The zero-order chi connectivity index (χ0) is 15.6. The molecule has 1 N–H and O–H groups in total. The fraction of sp³-hybridized carbons (Fsp3) is 0.929. The minimum absolute atomic E-state index is 0.00236. The number of aliphatic hydroxyl groups is 1. The molecule has 0 saturated carbocycles. The zero-order valence-electron chi connectivity index (χ0n) is 13.6. The van der Waals surface area contributed by atoms with Crippen molar-refractivity contribution in [1.29, 1.82) is 0 Å². The minimum atomic E-state index is -1.86. The van der Waals surface area contributed by atoms with E-state index in [4.69, 9.17) is 9.16 Å². The molecular formula is C14H29NO4Si. The first-order valence-corrected chi connectivity index (χ1v) is 10.2. The topological polar surface area (TPSA) is 59.0 Å². The van der Waals surface area contributed by atoms with Gasteiger partial charge in [-0.25, -0.2) is 4.79 Å². The van der Waals surface area contributed by atoms with Gasteiger partial charge in [-0.2, -0.15) is 0 Å². The Morgan fingerprint density at radius 3 is 2.45 bits per heavy atom. The van der Waals surface area contributed by atoms with Crippen molar-refractivity contribution < 1.29 is 19.1 Å². The number of ether oxygens (including phenoxy) is 1. The Hall–Kier alpha value is -0.593. The lowest BCUT2D eigenvalue weighted by Crippen LogP contribution is -2.45. The maximum absolute atomic E-state index is 11.9. The summed E-state index contributed by atoms with van der Waals surface area (Å²) in [5.74, 6) is 0. The first kappa shape index (κ1) is 17.5. The summed E-state index contributed by atoms with van der Waals surface area (Å²) >= 11 is 0. The number of carbonyl (C=O) groups is 1. The lowest BCUT2D eigenvalue weighted by atomic mass is 10.2. The van der Waals surface area contributed by atoms with Crippen molar-refractivity contribution in [1.82, 2.24) is 4.90 Å². The van der Waals surface area contributed by atoms with E-state index < -0.39 is 8.32 Å². The maximum Gasteiger partial charge on any atom is 0.410 e. The number of nitrogens with zero attached hydrogens (tertiary/aromatic N) is 1. The summed E-state index contributed by atoms with van der Waals surface area (Å²) in [7, 11) is -1.86. The monoisotopic (exact) mass is 303 g/mol. The summed E-state index contributed by atoms with van der Waals surface area (Å²) in [5.41, 5.74) is 0. The highest BCUT2D eigenvalue weighted by molar-refractivity contribution is 6.74. The number of hydrogen-bond acceptors (Lipinski definition) is 4. The van der Waals surface area contributed by atoms with Gasteiger partial charge in [0.25, 0.3) is 0 Å². The van der Waals surface area contributed by atoms with Crippen molar-refractivity contribution in [3.8, 4) is 0 Å². The molecule has 2 atom stereocenters. The summed E-state index contributed by atoms with van der Waals surface area (Å²) in [4.78, 5) is 13.5. The largest absolute Gasteiger partial charge is 0.450 e. The summed E-state index contributed by atoms with van der Waals surface area (Å²) in [6.45, 7) is 13.6. The van der Waals surface area contributed by atoms with Gasteiger partial charge in [0.05, 0.1) is 25.4 Å². The second kappa shape index (κ2) is 6.45. The fourth-order valence-corrected chi connectivity index (χ4v) is 3.51. The molecule has 1 heterocycles. The van der Waals surface area contributed by atoms with E-state index in [9.17, 15) is 9.90 Å². The van der Waals surface area contributed by atoms with Crippen LogP contribution in [0.3, 0.4) is 0 Å². The van der Waals surface area contributed by atoms with Gasteiger partial charge in [0.1, 0.15) is 0 Å². The Morgan fingerprint density at radius 1 is 1.40 bits per heavy atom. The van der Waals surface area contributed by atoms with Gasteiger partial charge in [-0.15, -0.1) is 0 Å². The van der Waals surface area contributed by atoms with Gasteiger partial charge in [0.2, 0.25) is 0 Å². The van der Waals surface area contributed by atoms with Crippen LogP contribution in [-0.4, -0.2) is 56.3 Å². The van der Waals surface area contributed by atoms with Gasteiger partial charge in [-0.3, -0.25) is 0 Å². The van der Waals surface area contributed by atoms with E-state index in [1.165, 1.54) is 0 Å². The molecule has 1 fully saturated rings. The van der Waals surface area contributed by atoms with Crippen LogP contribution < -0.4 is 0 Å². The van der Waals surface area contributed by atoms with Gasteiger partial charge < -0.3 is 19.2 Å². The van der Waals surface area contributed by atoms with E-state index in [-0.39, 0.29) is 29.9 Å². The summed E-state index contributed by atoms with van der Waals surface area (Å²) in [6, 6.07) is -0.191. The van der Waals surface area contributed by atoms with Crippen LogP contribution in [0.15, 0.2) is 0 Å². The summed E-state index contributed by atoms with van der Waals surface area (Å²) in [5, 5.41) is 9.57. The number of carbonyl (C=O) groups excluding carboxylic acids is 1. The van der Waals surface area contributed by atoms with Gasteiger partial charge >= 0.3 is 6.09 Å². The van der Waals surface area contributed by atoms with Crippen LogP contribution in [0.2, 0.25) is 18.1 Å². The molecule has 1 aliphatic rings. The third kappa shape index (κ3) is 3.96. The van der Waals surface area contributed by atoms with Crippen LogP contribution in [0.25, 0.3) is 0 Å². The zero-order valence-corrected chi connectivity index (χ0v) is 14.6. The minimum Gasteiger partial charge on any atom is -0.450 e. The fourth-order valence-electron chi connectivity index (χ4n) is 2.16. The third-order valence-electron chi connectivity index (χ3n) is 4.36. The lowest BCUT2D eigenvalue weighted by molar-refractivity contribution is 0.0863. The van der Waals surface area contributed by atoms with E-state index in [2.05, 4.69) is 33.9 Å². The van der Waals surface area contributed by atoms with Crippen LogP contribution >= 0.6 is 0 Å². The Bertz CT molecular complexity index is 341. The van der Waals surface area contributed by atoms with Gasteiger partial charge in [-0.1, -0.05) is 20.8 Å². The van der Waals surface area contributed by atoms with E-state index in [1.807, 2.05) is 0 Å². The smallest absolute Gasteiger partial charge is 0.410 e. The summed E-state index contributed by atoms with van der Waals surface area (Å²) < 4.78 is 11.4.